The molecule has 0 aliphatic heterocycles. The lowest BCUT2D eigenvalue weighted by molar-refractivity contribution is -0.459. The van der Waals surface area contributed by atoms with Crippen molar-refractivity contribution < 1.29 is 9.53 Å². The van der Waals surface area contributed by atoms with E-state index in [4.69, 9.17) is 10.5 Å². The van der Waals surface area contributed by atoms with Gasteiger partial charge in [-0.2, -0.15) is 0 Å². The Balaban J connectivity index is 1.00. The van der Waals surface area contributed by atoms with Crippen molar-refractivity contribution in [1.82, 2.24) is 5.32 Å². The van der Waals surface area contributed by atoms with Crippen molar-refractivity contribution in [3.8, 4) is 5.75 Å². The van der Waals surface area contributed by atoms with Crippen LogP contribution in [0.5, 0.6) is 5.75 Å². The first-order valence-corrected chi connectivity index (χ1v) is 15.3. The molecule has 0 heterocycles. The summed E-state index contributed by atoms with van der Waals surface area (Å²) in [4.78, 5) is 17.9. The Labute approximate surface area is 212 Å². The van der Waals surface area contributed by atoms with Gasteiger partial charge in [0.15, 0.2) is 5.17 Å². The quantitative estimate of drug-likeness (QED) is 0.317. The van der Waals surface area contributed by atoms with Crippen molar-refractivity contribution in [2.45, 2.75) is 44.9 Å². The fraction of sp³-hybridized carbons (Fsp3) is 0.724. The van der Waals surface area contributed by atoms with Crippen LogP contribution in [0.2, 0.25) is 0 Å². The van der Waals surface area contributed by atoms with Crippen LogP contribution in [0, 0.1) is 64.6 Å². The molecule has 0 aromatic heterocycles. The number of carbonyl (C=O) groups excluding carboxylic acids is 1. The summed E-state index contributed by atoms with van der Waals surface area (Å²) in [5, 5.41) is 3.94. The summed E-state index contributed by atoms with van der Waals surface area (Å²) in [5.41, 5.74) is 7.82. The van der Waals surface area contributed by atoms with E-state index in [1.807, 2.05) is 24.5 Å². The molecule has 3 N–H and O–H groups in total. The first-order valence-electron chi connectivity index (χ1n) is 14.0. The van der Waals surface area contributed by atoms with E-state index in [2.05, 4.69) is 10.3 Å². The van der Waals surface area contributed by atoms with Crippen molar-refractivity contribution in [3.63, 3.8) is 0 Å². The second-order valence-electron chi connectivity index (χ2n) is 12.8. The summed E-state index contributed by atoms with van der Waals surface area (Å²) in [6.07, 6.45) is 11.5. The van der Waals surface area contributed by atoms with Crippen molar-refractivity contribution in [2.75, 3.05) is 19.4 Å². The molecule has 35 heavy (non-hydrogen) atoms. The van der Waals surface area contributed by atoms with E-state index in [0.717, 1.165) is 59.8 Å². The molecular weight excluding hydrogens is 454 g/mol. The van der Waals surface area contributed by atoms with Crippen LogP contribution in [0.1, 0.15) is 55.3 Å². The number of nitrogens with two attached hydrogens (primary N) is 1. The number of benzene rings is 1. The number of amides is 1. The van der Waals surface area contributed by atoms with Crippen molar-refractivity contribution >= 4 is 28.5 Å². The van der Waals surface area contributed by atoms with Crippen LogP contribution in [0.3, 0.4) is 0 Å². The van der Waals surface area contributed by atoms with Gasteiger partial charge in [0.2, 0.25) is 0 Å². The van der Waals surface area contributed by atoms with Crippen LogP contribution < -0.4 is 15.8 Å². The van der Waals surface area contributed by atoms with Gasteiger partial charge in [-0.25, -0.2) is 4.99 Å². The first-order chi connectivity index (χ1) is 17.1. The third-order valence-corrected chi connectivity index (χ3v) is 12.6. The molecule has 8 unspecified atom stereocenters. The molecule has 8 atom stereocenters. The highest BCUT2D eigenvalue weighted by molar-refractivity contribution is 8.13. The molecule has 1 aromatic rings. The van der Waals surface area contributed by atoms with Crippen LogP contribution in [0.15, 0.2) is 23.2 Å². The van der Waals surface area contributed by atoms with Gasteiger partial charge < -0.3 is 15.8 Å². The molecule has 7 saturated carbocycles. The predicted molar refractivity (Wildman–Crippen MR) is 139 cm³/mol. The fourth-order valence-corrected chi connectivity index (χ4v) is 10.4. The van der Waals surface area contributed by atoms with Gasteiger partial charge >= 0.3 is 0 Å². The zero-order valence-electron chi connectivity index (χ0n) is 20.6. The molecule has 0 saturated heterocycles. The SMILES string of the molecule is CSC(N)=Nc1ccc(C(=O)NCC23C4C5CCC5C4C2C2C4CCC4C23)cc1OCC1CCC1. The van der Waals surface area contributed by atoms with E-state index in [1.54, 1.807) is 0 Å². The molecule has 1 aromatic carbocycles. The summed E-state index contributed by atoms with van der Waals surface area (Å²) >= 11 is 1.42. The number of nitrogens with one attached hydrogen (secondary N) is 1. The van der Waals surface area contributed by atoms with Crippen LogP contribution in [0.4, 0.5) is 5.69 Å². The molecule has 186 valence electrons. The first kappa shape index (κ1) is 21.4. The number of fused-ring (bicyclic) bond motifs is 13. The monoisotopic (exact) mass is 491 g/mol. The average Bonchev–Trinajstić information content (AvgIpc) is 2.79. The lowest BCUT2D eigenvalue weighted by atomic mass is 9.11. The molecule has 8 rings (SSSR count). The summed E-state index contributed by atoms with van der Waals surface area (Å²) in [6.45, 7) is 1.58. The van der Waals surface area contributed by atoms with Crippen LogP contribution in [-0.2, 0) is 0 Å². The smallest absolute Gasteiger partial charge is 0.251 e. The van der Waals surface area contributed by atoms with Crippen LogP contribution >= 0.6 is 11.8 Å². The topological polar surface area (TPSA) is 76.7 Å². The summed E-state index contributed by atoms with van der Waals surface area (Å²) in [5.74, 6) is 10.2. The predicted octanol–water partition coefficient (Wildman–Crippen LogP) is 5.08. The molecule has 7 fully saturated rings. The summed E-state index contributed by atoms with van der Waals surface area (Å²) in [6, 6.07) is 5.67. The van der Waals surface area contributed by atoms with Gasteiger partial charge in [-0.1, -0.05) is 18.2 Å². The number of hydrogen-bond donors (Lipinski definition) is 2. The van der Waals surface area contributed by atoms with Crippen molar-refractivity contribution in [3.05, 3.63) is 23.8 Å². The fourth-order valence-electron chi connectivity index (χ4n) is 10.2. The van der Waals surface area contributed by atoms with E-state index in [-0.39, 0.29) is 5.91 Å². The van der Waals surface area contributed by atoms with E-state index in [9.17, 15) is 4.79 Å². The molecular formula is C29H37N3O2S. The molecule has 6 heteroatoms. The van der Waals surface area contributed by atoms with E-state index in [1.165, 1.54) is 56.7 Å². The van der Waals surface area contributed by atoms with Gasteiger partial charge in [0.05, 0.1) is 6.61 Å². The normalized spacial score (nSPS) is 45.5. The van der Waals surface area contributed by atoms with Crippen molar-refractivity contribution in [2.24, 2.45) is 75.3 Å². The lowest BCUT2D eigenvalue weighted by Crippen LogP contribution is -2.91. The molecule has 0 spiro atoms. The Morgan fingerprint density at radius 3 is 2.31 bits per heavy atom. The second-order valence-corrected chi connectivity index (χ2v) is 13.6. The standard InChI is InChI=1S/C29H37N3O2S/c1-35-28(30)32-20-10-5-15(11-21(20)34-12-14-3-2-4-14)27(33)31-13-29-24-18-8-6-16(18)22(24)26(29)23-17-7-9-19(17)25(23)29/h5,10-11,14,16-19,22-26H,2-4,6-9,12-13H2,1H3,(H2,30,32)(H,31,33). The number of aliphatic imine (C=N–C) groups is 1. The van der Waals surface area contributed by atoms with E-state index >= 15 is 0 Å². The zero-order chi connectivity index (χ0) is 23.5. The summed E-state index contributed by atoms with van der Waals surface area (Å²) in [7, 11) is 0. The van der Waals surface area contributed by atoms with Crippen LogP contribution in [-0.4, -0.2) is 30.5 Å². The number of nitrogens with zero attached hydrogens (tertiary/aromatic N) is 1. The molecule has 5 nitrogen and oxygen atoms in total. The highest BCUT2D eigenvalue weighted by atomic mass is 32.2. The average molecular weight is 492 g/mol. The maximum absolute atomic E-state index is 13.4. The third kappa shape index (κ3) is 2.63. The van der Waals surface area contributed by atoms with Gasteiger partial charge in [0, 0.05) is 12.1 Å². The van der Waals surface area contributed by atoms with Crippen LogP contribution in [0.25, 0.3) is 0 Å². The number of rotatable bonds is 7. The lowest BCUT2D eigenvalue weighted by Gasteiger charge is -2.93. The number of carbonyl (C=O) groups is 1. The van der Waals surface area contributed by atoms with Crippen molar-refractivity contribution in [1.29, 1.82) is 0 Å². The number of hydrogen-bond acceptors (Lipinski definition) is 4. The van der Waals surface area contributed by atoms with Gasteiger partial charge in [-0.3, -0.25) is 4.79 Å². The minimum Gasteiger partial charge on any atom is -0.491 e. The highest BCUT2D eigenvalue weighted by Gasteiger charge is 2.89. The Hall–Kier alpha value is -1.69. The van der Waals surface area contributed by atoms with E-state index in [0.29, 0.717) is 40.1 Å². The number of ether oxygens (including phenoxy) is 1. The maximum atomic E-state index is 13.4. The Morgan fingerprint density at radius 1 is 1.06 bits per heavy atom. The van der Waals surface area contributed by atoms with Gasteiger partial charge in [-0.15, -0.1) is 0 Å². The molecule has 0 radical (unpaired) electrons. The zero-order valence-corrected chi connectivity index (χ0v) is 21.4. The number of amidine groups is 1. The largest absolute Gasteiger partial charge is 0.491 e. The maximum Gasteiger partial charge on any atom is 0.251 e. The third-order valence-electron chi connectivity index (χ3n) is 12.1. The molecule has 7 aliphatic carbocycles. The minimum absolute atomic E-state index is 0.0425. The number of thioether (sulfide) groups is 1. The van der Waals surface area contributed by atoms with Gasteiger partial charge in [-0.05, 0) is 128 Å². The molecule has 1 amide bonds. The molecule has 7 aliphatic rings. The molecule has 0 bridgehead atoms. The van der Waals surface area contributed by atoms with E-state index < -0.39 is 0 Å². The Morgan fingerprint density at radius 2 is 1.74 bits per heavy atom. The van der Waals surface area contributed by atoms with Gasteiger partial charge in [0.25, 0.3) is 5.91 Å². The summed E-state index contributed by atoms with van der Waals surface area (Å²) < 4.78 is 6.18. The minimum atomic E-state index is 0.0425. The Bertz CT molecular complexity index is 1080. The second kappa shape index (κ2) is 7.43. The van der Waals surface area contributed by atoms with Gasteiger partial charge in [0.1, 0.15) is 11.4 Å². The highest BCUT2D eigenvalue weighted by Crippen LogP contribution is 2.92. The Kier molecular flexibility index (Phi) is 4.54.